The molecule has 0 saturated heterocycles. The van der Waals surface area contributed by atoms with Crippen LogP contribution in [-0.2, 0) is 14.3 Å². The van der Waals surface area contributed by atoms with Gasteiger partial charge in [-0.05, 0) is 70.6 Å². The van der Waals surface area contributed by atoms with Gasteiger partial charge in [0, 0.05) is 6.42 Å². The second-order valence-electron chi connectivity index (χ2n) is 16.9. The van der Waals surface area contributed by atoms with Crippen LogP contribution in [0.5, 0.6) is 0 Å². The van der Waals surface area contributed by atoms with Gasteiger partial charge in [0.05, 0.1) is 25.2 Å². The van der Waals surface area contributed by atoms with Crippen LogP contribution in [0.2, 0.25) is 0 Å². The molecular formula is C50H95NO5. The summed E-state index contributed by atoms with van der Waals surface area (Å²) in [5.74, 6) is -0.514. The van der Waals surface area contributed by atoms with Crippen molar-refractivity contribution in [2.24, 2.45) is 0 Å². The molecule has 0 heterocycles. The molecule has 1 amide bonds. The number of unbranched alkanes of at least 4 members (excludes halogenated alkanes) is 28. The fourth-order valence-electron chi connectivity index (χ4n) is 7.48. The molecule has 3 N–H and O–H groups in total. The summed E-state index contributed by atoms with van der Waals surface area (Å²) in [7, 11) is 0. The molecule has 6 heteroatoms. The van der Waals surface area contributed by atoms with E-state index in [0.717, 1.165) is 64.2 Å². The van der Waals surface area contributed by atoms with E-state index in [4.69, 9.17) is 4.74 Å². The Morgan fingerprint density at radius 2 is 0.875 bits per heavy atom. The minimum Gasteiger partial charge on any atom is -0.462 e. The quantitative estimate of drug-likeness (QED) is 0.0324. The Bertz CT molecular complexity index is 889. The van der Waals surface area contributed by atoms with E-state index in [9.17, 15) is 19.8 Å². The zero-order chi connectivity index (χ0) is 41.0. The standard InChI is InChI=1S/C50H95NO5/c1-4-7-10-13-16-19-22-25-28-31-34-37-40-43-50(55)56-46(41-38-35-32-29-26-23-20-17-14-11-8-5-2)44-49(54)51-47(45-52)48(53)42-39-36-33-30-27-24-21-18-15-12-9-6-3/h25,28-29,32,46-48,52-53H,4-24,26-27,30-31,33-45H2,1-3H3,(H,51,54)/b28-25-,32-29-. The predicted molar refractivity (Wildman–Crippen MR) is 241 cm³/mol. The van der Waals surface area contributed by atoms with Gasteiger partial charge in [-0.3, -0.25) is 9.59 Å². The molecule has 3 unspecified atom stereocenters. The molecule has 0 saturated carbocycles. The number of nitrogens with one attached hydrogen (secondary N) is 1. The second kappa shape index (κ2) is 44.4. The molecule has 0 fully saturated rings. The molecule has 0 aliphatic heterocycles. The first kappa shape index (κ1) is 54.3. The van der Waals surface area contributed by atoms with Crippen molar-refractivity contribution in [3.63, 3.8) is 0 Å². The maximum absolute atomic E-state index is 13.1. The van der Waals surface area contributed by atoms with Crippen LogP contribution in [0, 0.1) is 0 Å². The van der Waals surface area contributed by atoms with Gasteiger partial charge in [0.2, 0.25) is 5.91 Å². The number of hydrogen-bond donors (Lipinski definition) is 3. The molecule has 0 aliphatic rings. The SMILES string of the molecule is CCCCCCCC/C=C\CCCCCC(=O)OC(CCC/C=C\CCCCCCCCC)CC(=O)NC(CO)C(O)CCCCCCCCCCCCCC. The lowest BCUT2D eigenvalue weighted by Gasteiger charge is -2.24. The fourth-order valence-corrected chi connectivity index (χ4v) is 7.48. The first-order valence-electron chi connectivity index (χ1n) is 24.6. The first-order chi connectivity index (χ1) is 27.5. The topological polar surface area (TPSA) is 95.9 Å². The van der Waals surface area contributed by atoms with Crippen LogP contribution in [0.4, 0.5) is 0 Å². The molecule has 0 aromatic carbocycles. The van der Waals surface area contributed by atoms with Gasteiger partial charge in [-0.1, -0.05) is 199 Å². The third-order valence-corrected chi connectivity index (χ3v) is 11.3. The molecule has 0 spiro atoms. The van der Waals surface area contributed by atoms with E-state index in [1.165, 1.54) is 148 Å². The van der Waals surface area contributed by atoms with E-state index < -0.39 is 18.2 Å². The minimum absolute atomic E-state index is 0.0543. The highest BCUT2D eigenvalue weighted by Crippen LogP contribution is 2.17. The normalized spacial score (nSPS) is 13.4. The highest BCUT2D eigenvalue weighted by Gasteiger charge is 2.24. The van der Waals surface area contributed by atoms with E-state index >= 15 is 0 Å². The van der Waals surface area contributed by atoms with Crippen LogP contribution in [0.25, 0.3) is 0 Å². The highest BCUT2D eigenvalue weighted by molar-refractivity contribution is 5.77. The number of esters is 1. The Morgan fingerprint density at radius 1 is 0.500 bits per heavy atom. The van der Waals surface area contributed by atoms with Crippen LogP contribution < -0.4 is 5.32 Å². The molecule has 0 aromatic heterocycles. The van der Waals surface area contributed by atoms with Gasteiger partial charge in [-0.2, -0.15) is 0 Å². The monoisotopic (exact) mass is 790 g/mol. The Balaban J connectivity index is 4.61. The summed E-state index contributed by atoms with van der Waals surface area (Å²) >= 11 is 0. The van der Waals surface area contributed by atoms with Crippen molar-refractivity contribution in [1.82, 2.24) is 5.32 Å². The molecule has 0 rings (SSSR count). The average Bonchev–Trinajstić information content (AvgIpc) is 3.19. The lowest BCUT2D eigenvalue weighted by atomic mass is 10.0. The van der Waals surface area contributed by atoms with Gasteiger partial charge in [0.1, 0.15) is 6.10 Å². The van der Waals surface area contributed by atoms with Gasteiger partial charge in [-0.25, -0.2) is 0 Å². The summed E-state index contributed by atoms with van der Waals surface area (Å²) in [4.78, 5) is 26.0. The van der Waals surface area contributed by atoms with Crippen molar-refractivity contribution < 1.29 is 24.5 Å². The van der Waals surface area contributed by atoms with Gasteiger partial charge < -0.3 is 20.3 Å². The van der Waals surface area contributed by atoms with E-state index in [1.807, 2.05) is 0 Å². The van der Waals surface area contributed by atoms with E-state index in [2.05, 4.69) is 50.4 Å². The number of hydrogen-bond acceptors (Lipinski definition) is 5. The van der Waals surface area contributed by atoms with Crippen molar-refractivity contribution in [3.8, 4) is 0 Å². The summed E-state index contributed by atoms with van der Waals surface area (Å²) < 4.78 is 5.89. The Morgan fingerprint density at radius 3 is 1.30 bits per heavy atom. The van der Waals surface area contributed by atoms with Gasteiger partial charge in [0.15, 0.2) is 0 Å². The Kier molecular flexibility index (Phi) is 43.1. The summed E-state index contributed by atoms with van der Waals surface area (Å²) in [6, 6.07) is -0.707. The predicted octanol–water partition coefficient (Wildman–Crippen LogP) is 14.3. The summed E-state index contributed by atoms with van der Waals surface area (Å²) in [5, 5.41) is 23.7. The molecule has 0 bridgehead atoms. The van der Waals surface area contributed by atoms with Gasteiger partial charge >= 0.3 is 5.97 Å². The molecule has 3 atom stereocenters. The number of rotatable bonds is 44. The minimum atomic E-state index is -0.792. The Labute approximate surface area is 348 Å². The lowest BCUT2D eigenvalue weighted by molar-refractivity contribution is -0.151. The van der Waals surface area contributed by atoms with Crippen LogP contribution in [-0.4, -0.2) is 46.9 Å². The fraction of sp³-hybridized carbons (Fsp3) is 0.880. The molecule has 0 aliphatic carbocycles. The maximum Gasteiger partial charge on any atom is 0.306 e. The lowest BCUT2D eigenvalue weighted by Crippen LogP contribution is -2.46. The van der Waals surface area contributed by atoms with Crippen molar-refractivity contribution in [2.75, 3.05) is 6.61 Å². The van der Waals surface area contributed by atoms with Crippen molar-refractivity contribution >= 4 is 11.9 Å². The van der Waals surface area contributed by atoms with E-state index in [0.29, 0.717) is 19.3 Å². The molecular weight excluding hydrogens is 695 g/mol. The Hall–Kier alpha value is -1.66. The van der Waals surface area contributed by atoms with Gasteiger partial charge in [-0.15, -0.1) is 0 Å². The summed E-state index contributed by atoms with van der Waals surface area (Å²) in [6.45, 7) is 6.46. The van der Waals surface area contributed by atoms with Crippen molar-refractivity contribution in [3.05, 3.63) is 24.3 Å². The first-order valence-corrected chi connectivity index (χ1v) is 24.6. The molecule has 0 aromatic rings. The summed E-state index contributed by atoms with van der Waals surface area (Å²) in [5.41, 5.74) is 0. The zero-order valence-corrected chi connectivity index (χ0v) is 37.5. The zero-order valence-electron chi connectivity index (χ0n) is 37.5. The number of aliphatic hydroxyl groups is 2. The van der Waals surface area contributed by atoms with E-state index in [1.54, 1.807) is 0 Å². The van der Waals surface area contributed by atoms with Crippen LogP contribution in [0.1, 0.15) is 258 Å². The van der Waals surface area contributed by atoms with E-state index in [-0.39, 0.29) is 24.9 Å². The maximum atomic E-state index is 13.1. The number of ether oxygens (including phenoxy) is 1. The average molecular weight is 790 g/mol. The smallest absolute Gasteiger partial charge is 0.306 e. The van der Waals surface area contributed by atoms with Crippen molar-refractivity contribution in [1.29, 1.82) is 0 Å². The van der Waals surface area contributed by atoms with Crippen LogP contribution >= 0.6 is 0 Å². The number of aliphatic hydroxyl groups excluding tert-OH is 2. The highest BCUT2D eigenvalue weighted by atomic mass is 16.5. The second-order valence-corrected chi connectivity index (χ2v) is 16.9. The number of amides is 1. The summed E-state index contributed by atoms with van der Waals surface area (Å²) in [6.07, 6.45) is 49.5. The van der Waals surface area contributed by atoms with Crippen LogP contribution in [0.15, 0.2) is 24.3 Å². The molecule has 6 nitrogen and oxygen atoms in total. The van der Waals surface area contributed by atoms with Crippen LogP contribution in [0.3, 0.4) is 0 Å². The third kappa shape index (κ3) is 39.2. The largest absolute Gasteiger partial charge is 0.462 e. The van der Waals surface area contributed by atoms with Crippen molar-refractivity contribution in [2.45, 2.75) is 277 Å². The number of carbonyl (C=O) groups excluding carboxylic acids is 2. The number of carbonyl (C=O) groups is 2. The number of allylic oxidation sites excluding steroid dienone is 4. The molecule has 0 radical (unpaired) electrons. The third-order valence-electron chi connectivity index (χ3n) is 11.3. The molecule has 330 valence electrons. The molecule has 56 heavy (non-hydrogen) atoms. The van der Waals surface area contributed by atoms with Gasteiger partial charge in [0.25, 0.3) is 0 Å².